The predicted octanol–water partition coefficient (Wildman–Crippen LogP) is 3.79. The summed E-state index contributed by atoms with van der Waals surface area (Å²) in [5.41, 5.74) is 6.04. The summed E-state index contributed by atoms with van der Waals surface area (Å²) < 4.78 is 16.1. The number of nitrogens with two attached hydrogens (primary N) is 1. The highest BCUT2D eigenvalue weighted by molar-refractivity contribution is 5.68. The maximum Gasteiger partial charge on any atom is 0.410 e. The molecule has 146 valence electrons. The van der Waals surface area contributed by atoms with Crippen LogP contribution in [0.5, 0.6) is 17.5 Å². The zero-order chi connectivity index (χ0) is 20.2. The van der Waals surface area contributed by atoms with E-state index in [9.17, 15) is 4.79 Å². The fourth-order valence-corrected chi connectivity index (χ4v) is 2.22. The molecule has 0 saturated carbocycles. The summed E-state index contributed by atoms with van der Waals surface area (Å²) in [6.45, 7) is 7.44. The molecule has 2 N–H and O–H groups in total. The van der Waals surface area contributed by atoms with Crippen LogP contribution in [0.25, 0.3) is 0 Å². The Morgan fingerprint density at radius 1 is 1.22 bits per heavy atom. The third-order valence-corrected chi connectivity index (χ3v) is 3.79. The van der Waals surface area contributed by atoms with Crippen molar-refractivity contribution in [3.05, 3.63) is 36.0 Å². The number of nitrogen functional groups attached to an aromatic ring is 1. The van der Waals surface area contributed by atoms with Crippen LogP contribution >= 0.6 is 0 Å². The first-order chi connectivity index (χ1) is 12.6. The maximum absolute atomic E-state index is 12.2. The quantitative estimate of drug-likeness (QED) is 0.850. The van der Waals surface area contributed by atoms with Gasteiger partial charge in [0.05, 0.1) is 19.3 Å². The fourth-order valence-electron chi connectivity index (χ4n) is 2.22. The van der Waals surface area contributed by atoms with Gasteiger partial charge in [-0.05, 0) is 45.4 Å². The van der Waals surface area contributed by atoms with Gasteiger partial charge in [0.25, 0.3) is 5.88 Å². The lowest BCUT2D eigenvalue weighted by Crippen LogP contribution is -2.35. The van der Waals surface area contributed by atoms with Crippen LogP contribution in [0.1, 0.15) is 39.3 Å². The largest absolute Gasteiger partial charge is 0.478 e. The molecular formula is C19H26N4O4. The molecule has 0 bridgehead atoms. The first kappa shape index (κ1) is 20.3. The normalized spacial score (nSPS) is 12.2. The van der Waals surface area contributed by atoms with Gasteiger partial charge in [-0.15, -0.1) is 0 Å². The average Bonchev–Trinajstić information content (AvgIpc) is 2.61. The standard InChI is InChI=1S/C19H26N4O4/c1-12(23(5)18(24)27-19(2,3)4)13-7-9-14(10-8-13)26-15-11-21-16(20)17(22-15)25-6/h7-12H,1-6H3,(H2,20,21)/t12-/m1/s1. The van der Waals surface area contributed by atoms with E-state index in [1.807, 2.05) is 39.8 Å². The van der Waals surface area contributed by atoms with Gasteiger partial charge in [-0.3, -0.25) is 0 Å². The number of nitrogens with zero attached hydrogens (tertiary/aromatic N) is 3. The molecular weight excluding hydrogens is 348 g/mol. The Bertz CT molecular complexity index is 787. The summed E-state index contributed by atoms with van der Waals surface area (Å²) in [6.07, 6.45) is 1.05. The molecule has 8 heteroatoms. The first-order valence-electron chi connectivity index (χ1n) is 8.51. The molecule has 0 spiro atoms. The molecule has 0 saturated heterocycles. The van der Waals surface area contributed by atoms with Crippen molar-refractivity contribution in [2.24, 2.45) is 0 Å². The summed E-state index contributed by atoms with van der Waals surface area (Å²) >= 11 is 0. The van der Waals surface area contributed by atoms with Gasteiger partial charge in [-0.1, -0.05) is 12.1 Å². The average molecular weight is 374 g/mol. The molecule has 1 atom stereocenters. The van der Waals surface area contributed by atoms with E-state index < -0.39 is 5.60 Å². The van der Waals surface area contributed by atoms with E-state index >= 15 is 0 Å². The van der Waals surface area contributed by atoms with Crippen molar-refractivity contribution >= 4 is 11.9 Å². The van der Waals surface area contributed by atoms with Gasteiger partial charge in [0.1, 0.15) is 11.4 Å². The smallest absolute Gasteiger partial charge is 0.410 e. The Kier molecular flexibility index (Phi) is 6.09. The highest BCUT2D eigenvalue weighted by Gasteiger charge is 2.23. The second-order valence-corrected chi connectivity index (χ2v) is 7.04. The number of aromatic nitrogens is 2. The third-order valence-electron chi connectivity index (χ3n) is 3.79. The van der Waals surface area contributed by atoms with Crippen molar-refractivity contribution < 1.29 is 19.0 Å². The number of carbonyl (C=O) groups is 1. The second-order valence-electron chi connectivity index (χ2n) is 7.04. The molecule has 0 radical (unpaired) electrons. The number of carbonyl (C=O) groups excluding carboxylic acids is 1. The van der Waals surface area contributed by atoms with Crippen LogP contribution in [0.4, 0.5) is 10.6 Å². The van der Waals surface area contributed by atoms with Crippen molar-refractivity contribution in [3.8, 4) is 17.5 Å². The number of rotatable bonds is 5. The van der Waals surface area contributed by atoms with E-state index in [-0.39, 0.29) is 29.7 Å². The third kappa shape index (κ3) is 5.47. The molecule has 27 heavy (non-hydrogen) atoms. The van der Waals surface area contributed by atoms with Crippen LogP contribution in [-0.4, -0.2) is 40.7 Å². The zero-order valence-electron chi connectivity index (χ0n) is 16.5. The van der Waals surface area contributed by atoms with Crippen LogP contribution < -0.4 is 15.2 Å². The minimum atomic E-state index is -0.538. The zero-order valence-corrected chi connectivity index (χ0v) is 16.5. The number of anilines is 1. The van der Waals surface area contributed by atoms with Crippen LogP contribution in [0, 0.1) is 0 Å². The Hall–Kier alpha value is -3.03. The summed E-state index contributed by atoms with van der Waals surface area (Å²) in [4.78, 5) is 21.9. The summed E-state index contributed by atoms with van der Waals surface area (Å²) in [7, 11) is 3.17. The molecule has 0 fully saturated rings. The van der Waals surface area contributed by atoms with E-state index in [0.29, 0.717) is 5.75 Å². The van der Waals surface area contributed by atoms with Gasteiger partial charge in [0.2, 0.25) is 5.88 Å². The van der Waals surface area contributed by atoms with Gasteiger partial charge in [-0.25, -0.2) is 9.78 Å². The molecule has 1 aromatic heterocycles. The number of ether oxygens (including phenoxy) is 3. The topological polar surface area (TPSA) is 99.8 Å². The molecule has 0 aliphatic rings. The summed E-state index contributed by atoms with van der Waals surface area (Å²) in [6, 6.07) is 7.18. The van der Waals surface area contributed by atoms with Gasteiger partial charge >= 0.3 is 6.09 Å². The van der Waals surface area contributed by atoms with E-state index in [0.717, 1.165) is 5.56 Å². The predicted molar refractivity (Wildman–Crippen MR) is 102 cm³/mol. The van der Waals surface area contributed by atoms with Crippen LogP contribution in [0.15, 0.2) is 30.5 Å². The fraction of sp³-hybridized carbons (Fsp3) is 0.421. The van der Waals surface area contributed by atoms with Gasteiger partial charge in [0.15, 0.2) is 5.82 Å². The summed E-state index contributed by atoms with van der Waals surface area (Å²) in [5.74, 6) is 1.25. The molecule has 1 amide bonds. The van der Waals surface area contributed by atoms with Gasteiger partial charge in [-0.2, -0.15) is 4.98 Å². The molecule has 0 aliphatic carbocycles. The second kappa shape index (κ2) is 8.11. The maximum atomic E-state index is 12.2. The highest BCUT2D eigenvalue weighted by atomic mass is 16.6. The van der Waals surface area contributed by atoms with E-state index in [2.05, 4.69) is 9.97 Å². The Morgan fingerprint density at radius 3 is 2.41 bits per heavy atom. The van der Waals surface area contributed by atoms with E-state index in [1.54, 1.807) is 24.1 Å². The Labute approximate surface area is 159 Å². The summed E-state index contributed by atoms with van der Waals surface area (Å²) in [5, 5.41) is 0. The van der Waals surface area contributed by atoms with Gasteiger partial charge < -0.3 is 24.8 Å². The van der Waals surface area contributed by atoms with E-state index in [1.165, 1.54) is 13.3 Å². The number of methoxy groups -OCH3 is 1. The first-order valence-corrected chi connectivity index (χ1v) is 8.51. The number of amides is 1. The molecule has 2 rings (SSSR count). The minimum Gasteiger partial charge on any atom is -0.478 e. The Balaban J connectivity index is 2.07. The van der Waals surface area contributed by atoms with Crippen LogP contribution in [0.3, 0.4) is 0 Å². The van der Waals surface area contributed by atoms with Crippen LogP contribution in [-0.2, 0) is 4.74 Å². The number of hydrogen-bond acceptors (Lipinski definition) is 7. The number of hydrogen-bond donors (Lipinski definition) is 1. The monoisotopic (exact) mass is 374 g/mol. The minimum absolute atomic E-state index is 0.162. The molecule has 1 heterocycles. The van der Waals surface area contributed by atoms with Crippen molar-refractivity contribution in [2.75, 3.05) is 19.9 Å². The highest BCUT2D eigenvalue weighted by Crippen LogP contribution is 2.27. The molecule has 2 aromatic rings. The molecule has 0 aliphatic heterocycles. The van der Waals surface area contributed by atoms with Crippen molar-refractivity contribution in [1.29, 1.82) is 0 Å². The van der Waals surface area contributed by atoms with Gasteiger partial charge in [0, 0.05) is 7.05 Å². The Morgan fingerprint density at radius 2 is 1.85 bits per heavy atom. The molecule has 0 unspecified atom stereocenters. The van der Waals surface area contributed by atoms with Crippen molar-refractivity contribution in [2.45, 2.75) is 39.3 Å². The van der Waals surface area contributed by atoms with E-state index in [4.69, 9.17) is 19.9 Å². The van der Waals surface area contributed by atoms with Crippen molar-refractivity contribution in [1.82, 2.24) is 14.9 Å². The lowest BCUT2D eigenvalue weighted by atomic mass is 10.1. The SMILES string of the molecule is COc1nc(Oc2ccc([C@@H](C)N(C)C(=O)OC(C)(C)C)cc2)cnc1N. The molecule has 1 aromatic carbocycles. The lowest BCUT2D eigenvalue weighted by molar-refractivity contribution is 0.0234. The number of benzene rings is 1. The van der Waals surface area contributed by atoms with Crippen molar-refractivity contribution in [3.63, 3.8) is 0 Å². The van der Waals surface area contributed by atoms with Crippen LogP contribution in [0.2, 0.25) is 0 Å². The lowest BCUT2D eigenvalue weighted by Gasteiger charge is -2.29. The molecule has 8 nitrogen and oxygen atoms in total.